The van der Waals surface area contributed by atoms with Crippen LogP contribution in [-0.4, -0.2) is 64.1 Å². The number of nitrogens with one attached hydrogen (secondary N) is 1. The van der Waals surface area contributed by atoms with Crippen LogP contribution in [0.15, 0.2) is 0 Å². The molecule has 0 bridgehead atoms. The summed E-state index contributed by atoms with van der Waals surface area (Å²) in [5.74, 6) is 0.273. The summed E-state index contributed by atoms with van der Waals surface area (Å²) in [5.41, 5.74) is 0. The van der Waals surface area contributed by atoms with E-state index in [9.17, 15) is 16.8 Å². The summed E-state index contributed by atoms with van der Waals surface area (Å²) in [7, 11) is -4.48. The lowest BCUT2D eigenvalue weighted by Crippen LogP contribution is -2.52. The minimum Gasteiger partial charge on any atom is -0.317 e. The first-order valence-corrected chi connectivity index (χ1v) is 10.5. The number of sulfonamides is 1. The third kappa shape index (κ3) is 3.35. The summed E-state index contributed by atoms with van der Waals surface area (Å²) in [6.07, 6.45) is 1.29. The van der Waals surface area contributed by atoms with Crippen molar-refractivity contribution >= 4 is 19.9 Å². The molecule has 0 aromatic carbocycles. The maximum Gasteiger partial charge on any atom is 0.217 e. The van der Waals surface area contributed by atoms with Crippen molar-refractivity contribution in [3.8, 4) is 0 Å². The molecular weight excluding hydrogens is 300 g/mol. The summed E-state index contributed by atoms with van der Waals surface area (Å²) < 4.78 is 49.6. The van der Waals surface area contributed by atoms with Gasteiger partial charge in [-0.25, -0.2) is 21.1 Å². The Morgan fingerprint density at radius 3 is 2.25 bits per heavy atom. The van der Waals surface area contributed by atoms with E-state index in [-0.39, 0.29) is 30.3 Å². The minimum absolute atomic E-state index is 0.000565. The largest absolute Gasteiger partial charge is 0.317 e. The molecule has 2 atom stereocenters. The van der Waals surface area contributed by atoms with Gasteiger partial charge >= 0.3 is 0 Å². The predicted molar refractivity (Wildman–Crippen MR) is 78.8 cm³/mol. The highest BCUT2D eigenvalue weighted by molar-refractivity contribution is 7.92. The number of hydrogen-bond acceptors (Lipinski definition) is 5. The molecule has 2 unspecified atom stereocenters. The first kappa shape index (κ1) is 16.2. The molecule has 0 spiro atoms. The van der Waals surface area contributed by atoms with Gasteiger partial charge in [-0.3, -0.25) is 0 Å². The average molecular weight is 324 g/mol. The third-order valence-corrected chi connectivity index (χ3v) is 8.60. The predicted octanol–water partition coefficient (Wildman–Crippen LogP) is -0.177. The highest BCUT2D eigenvalue weighted by atomic mass is 32.2. The molecule has 2 fully saturated rings. The molecule has 0 saturated carbocycles. The van der Waals surface area contributed by atoms with Crippen LogP contribution in [0.5, 0.6) is 0 Å². The normalized spacial score (nSPS) is 33.1. The quantitative estimate of drug-likeness (QED) is 0.779. The fourth-order valence-electron chi connectivity index (χ4n) is 3.14. The molecule has 2 aliphatic rings. The van der Waals surface area contributed by atoms with Gasteiger partial charge in [-0.05, 0) is 32.2 Å². The van der Waals surface area contributed by atoms with Crippen molar-refractivity contribution in [1.29, 1.82) is 0 Å². The number of nitrogens with zero attached hydrogens (tertiary/aromatic N) is 1. The molecule has 1 N–H and O–H groups in total. The maximum absolute atomic E-state index is 12.6. The van der Waals surface area contributed by atoms with E-state index in [4.69, 9.17) is 0 Å². The Bertz CT molecular complexity index is 530. The van der Waals surface area contributed by atoms with Crippen LogP contribution < -0.4 is 5.32 Å². The second kappa shape index (κ2) is 5.90. The number of piperidine rings is 1. The summed E-state index contributed by atoms with van der Waals surface area (Å²) in [4.78, 5) is 0. The Labute approximate surface area is 121 Å². The Balaban J connectivity index is 2.05. The molecular formula is C12H24N2O4S2. The number of sulfone groups is 1. The third-order valence-electron chi connectivity index (χ3n) is 4.52. The van der Waals surface area contributed by atoms with Crippen molar-refractivity contribution in [2.45, 2.75) is 37.5 Å². The topological polar surface area (TPSA) is 83.6 Å². The van der Waals surface area contributed by atoms with Crippen molar-refractivity contribution in [2.75, 3.05) is 31.6 Å². The fourth-order valence-corrected chi connectivity index (χ4v) is 6.99. The van der Waals surface area contributed by atoms with Crippen LogP contribution in [0.3, 0.4) is 0 Å². The molecule has 0 radical (unpaired) electrons. The van der Waals surface area contributed by atoms with Crippen molar-refractivity contribution in [2.24, 2.45) is 5.92 Å². The lowest BCUT2D eigenvalue weighted by atomic mass is 9.96. The number of rotatable bonds is 3. The molecule has 0 amide bonds. The lowest BCUT2D eigenvalue weighted by molar-refractivity contribution is 0.226. The van der Waals surface area contributed by atoms with Crippen molar-refractivity contribution in [3.63, 3.8) is 0 Å². The number of hydrogen-bond donors (Lipinski definition) is 1. The van der Waals surface area contributed by atoms with Crippen LogP contribution >= 0.6 is 0 Å². The van der Waals surface area contributed by atoms with E-state index in [0.717, 1.165) is 6.42 Å². The molecule has 0 aromatic heterocycles. The van der Waals surface area contributed by atoms with E-state index in [1.165, 1.54) is 0 Å². The van der Waals surface area contributed by atoms with E-state index in [2.05, 4.69) is 5.32 Å². The molecule has 0 aromatic rings. The van der Waals surface area contributed by atoms with Crippen LogP contribution in [0.25, 0.3) is 0 Å². The zero-order valence-corrected chi connectivity index (χ0v) is 13.7. The van der Waals surface area contributed by atoms with Crippen molar-refractivity contribution in [3.05, 3.63) is 0 Å². The zero-order valence-electron chi connectivity index (χ0n) is 12.1. The van der Waals surface area contributed by atoms with E-state index >= 15 is 0 Å². The van der Waals surface area contributed by atoms with Crippen molar-refractivity contribution in [1.82, 2.24) is 9.62 Å². The minimum atomic E-state index is -3.36. The lowest BCUT2D eigenvalue weighted by Gasteiger charge is -2.38. The van der Waals surface area contributed by atoms with Gasteiger partial charge in [-0.1, -0.05) is 6.92 Å². The standard InChI is InChI=1S/C12H24N2O4S2/c1-10-9-14(6-3-12(10)13-2)20(17,18)11-4-7-19(15,16)8-5-11/h10-13H,3-9H2,1-2H3. The van der Waals surface area contributed by atoms with E-state index in [0.29, 0.717) is 19.1 Å². The monoisotopic (exact) mass is 324 g/mol. The molecule has 8 heteroatoms. The van der Waals surface area contributed by atoms with Crippen LogP contribution in [0.4, 0.5) is 0 Å². The molecule has 2 rings (SSSR count). The highest BCUT2D eigenvalue weighted by Gasteiger charge is 2.39. The Morgan fingerprint density at radius 2 is 1.75 bits per heavy atom. The molecule has 20 heavy (non-hydrogen) atoms. The van der Waals surface area contributed by atoms with E-state index in [1.807, 2.05) is 14.0 Å². The van der Waals surface area contributed by atoms with Gasteiger partial charge in [-0.15, -0.1) is 0 Å². The molecule has 118 valence electrons. The van der Waals surface area contributed by atoms with Gasteiger partial charge in [0, 0.05) is 19.1 Å². The first-order chi connectivity index (χ1) is 9.26. The van der Waals surface area contributed by atoms with Crippen molar-refractivity contribution < 1.29 is 16.8 Å². The average Bonchev–Trinajstić information content (AvgIpc) is 2.38. The maximum atomic E-state index is 12.6. The van der Waals surface area contributed by atoms with Crippen LogP contribution in [0.2, 0.25) is 0 Å². The Morgan fingerprint density at radius 1 is 1.15 bits per heavy atom. The van der Waals surface area contributed by atoms with Crippen LogP contribution in [-0.2, 0) is 19.9 Å². The first-order valence-electron chi connectivity index (χ1n) is 7.13. The summed E-state index contributed by atoms with van der Waals surface area (Å²) in [6, 6.07) is 0.355. The van der Waals surface area contributed by atoms with Crippen LogP contribution in [0, 0.1) is 5.92 Å². The fraction of sp³-hybridized carbons (Fsp3) is 1.00. The molecule has 2 aliphatic heterocycles. The van der Waals surface area contributed by atoms with E-state index < -0.39 is 25.1 Å². The second-order valence-corrected chi connectivity index (χ2v) is 10.4. The molecule has 2 saturated heterocycles. The summed E-state index contributed by atoms with van der Waals surface area (Å²) >= 11 is 0. The molecule has 2 heterocycles. The SMILES string of the molecule is CNC1CCN(S(=O)(=O)C2CCS(=O)(=O)CC2)CC1C. The van der Waals surface area contributed by atoms with E-state index in [1.54, 1.807) is 4.31 Å². The van der Waals surface area contributed by atoms with Gasteiger partial charge in [0.05, 0.1) is 16.8 Å². The molecule has 0 aliphatic carbocycles. The van der Waals surface area contributed by atoms with Gasteiger partial charge in [0.1, 0.15) is 9.84 Å². The smallest absolute Gasteiger partial charge is 0.217 e. The highest BCUT2D eigenvalue weighted by Crippen LogP contribution is 2.26. The van der Waals surface area contributed by atoms with Gasteiger partial charge in [0.15, 0.2) is 0 Å². The summed E-state index contributed by atoms with van der Waals surface area (Å²) in [6.45, 7) is 3.10. The summed E-state index contributed by atoms with van der Waals surface area (Å²) in [5, 5.41) is 2.69. The molecule has 6 nitrogen and oxygen atoms in total. The Kier molecular flexibility index (Phi) is 4.78. The van der Waals surface area contributed by atoms with Gasteiger partial charge in [0.25, 0.3) is 0 Å². The van der Waals surface area contributed by atoms with Gasteiger partial charge in [-0.2, -0.15) is 0 Å². The zero-order chi connectivity index (χ0) is 15.0. The van der Waals surface area contributed by atoms with Gasteiger partial charge in [0.2, 0.25) is 10.0 Å². The Hall–Kier alpha value is -0.180. The van der Waals surface area contributed by atoms with Gasteiger partial charge < -0.3 is 5.32 Å². The second-order valence-electron chi connectivity index (χ2n) is 5.92. The van der Waals surface area contributed by atoms with Crippen LogP contribution in [0.1, 0.15) is 26.2 Å².